The molecule has 1 aromatic carbocycles. The normalized spacial score (nSPS) is 19.7. The van der Waals surface area contributed by atoms with Gasteiger partial charge in [0.2, 0.25) is 0 Å². The number of anilines is 1. The lowest BCUT2D eigenvalue weighted by atomic mass is 10.1. The highest BCUT2D eigenvalue weighted by Gasteiger charge is 2.52. The van der Waals surface area contributed by atoms with E-state index in [1.54, 1.807) is 6.07 Å². The first-order valence-electron chi connectivity index (χ1n) is 12.5. The highest BCUT2D eigenvalue weighted by atomic mass is 19.4. The van der Waals surface area contributed by atoms with Gasteiger partial charge in [-0.1, -0.05) is 30.3 Å². The smallest absolute Gasteiger partial charge is 0.408 e. The molecule has 2 saturated heterocycles. The molecular weight excluding hydrogens is 483 g/mol. The van der Waals surface area contributed by atoms with Gasteiger partial charge in [0.25, 0.3) is 0 Å². The summed E-state index contributed by atoms with van der Waals surface area (Å²) in [5.74, 6) is 0.334. The molecule has 8 nitrogen and oxygen atoms in total. The van der Waals surface area contributed by atoms with Gasteiger partial charge in [-0.15, -0.1) is 0 Å². The molecule has 1 aromatic heterocycles. The highest BCUT2D eigenvalue weighted by molar-refractivity contribution is 5.54. The van der Waals surface area contributed by atoms with Crippen LogP contribution in [0.3, 0.4) is 0 Å². The number of nitrogens with zero attached hydrogens (tertiary/aromatic N) is 6. The fraction of sp³-hybridized carbons (Fsp3) is 0.577. The van der Waals surface area contributed by atoms with Crippen molar-refractivity contribution in [3.63, 3.8) is 0 Å². The van der Waals surface area contributed by atoms with E-state index in [1.807, 2.05) is 35.2 Å². The number of methoxy groups -OCH3 is 1. The van der Waals surface area contributed by atoms with Gasteiger partial charge in [0, 0.05) is 51.8 Å². The van der Waals surface area contributed by atoms with Gasteiger partial charge in [0.05, 0.1) is 18.9 Å². The molecule has 2 aromatic rings. The van der Waals surface area contributed by atoms with Crippen LogP contribution in [-0.4, -0.2) is 79.4 Å². The first-order chi connectivity index (χ1) is 17.8. The van der Waals surface area contributed by atoms with Gasteiger partial charge in [-0.2, -0.15) is 28.4 Å². The average Bonchev–Trinajstić information content (AvgIpc) is 3.51. The molecule has 3 aliphatic rings. The van der Waals surface area contributed by atoms with Crippen molar-refractivity contribution in [2.75, 3.05) is 58.3 Å². The number of ether oxygens (including phenoxy) is 1. The fourth-order valence-corrected chi connectivity index (χ4v) is 4.77. The Bertz CT molecular complexity index is 1020. The number of rotatable bonds is 4. The largest absolute Gasteiger partial charge is 0.467 e. The molecule has 0 radical (unpaired) electrons. The Morgan fingerprint density at radius 3 is 2.22 bits per heavy atom. The number of piperazine rings is 1. The zero-order valence-corrected chi connectivity index (χ0v) is 21.8. The van der Waals surface area contributed by atoms with Crippen molar-refractivity contribution in [3.8, 4) is 12.1 Å². The summed E-state index contributed by atoms with van der Waals surface area (Å²) in [5, 5.41) is 10.5. The van der Waals surface area contributed by atoms with Gasteiger partial charge < -0.3 is 19.9 Å². The SMILES string of the molecule is CC#N.CN1CCCC1.COc1nc2c(c(N3CCNCC3)n1)C(C(F)(F)F)N(Cc1ccccc1)C2. The molecule has 3 aliphatic heterocycles. The predicted octanol–water partition coefficient (Wildman–Crippen LogP) is 3.76. The third-order valence-corrected chi connectivity index (χ3v) is 6.44. The van der Waals surface area contributed by atoms with E-state index in [2.05, 4.69) is 27.2 Å². The van der Waals surface area contributed by atoms with Gasteiger partial charge in [0.15, 0.2) is 0 Å². The number of hydrogen-bond acceptors (Lipinski definition) is 8. The number of nitrogens with one attached hydrogen (secondary N) is 1. The third-order valence-electron chi connectivity index (χ3n) is 6.44. The Morgan fingerprint density at radius 1 is 1.08 bits per heavy atom. The van der Waals surface area contributed by atoms with Crippen LogP contribution in [0.15, 0.2) is 30.3 Å². The molecule has 0 bridgehead atoms. The van der Waals surface area contributed by atoms with Crippen LogP contribution >= 0.6 is 0 Å². The maximum atomic E-state index is 14.2. The molecule has 1 N–H and O–H groups in total. The molecule has 1 atom stereocenters. The predicted molar refractivity (Wildman–Crippen MR) is 136 cm³/mol. The Hall–Kier alpha value is -2.94. The fourth-order valence-electron chi connectivity index (χ4n) is 4.77. The number of fused-ring (bicyclic) bond motifs is 1. The Balaban J connectivity index is 0.000000360. The molecular formula is C26H36F3N7O. The van der Waals surface area contributed by atoms with E-state index in [4.69, 9.17) is 10.00 Å². The molecule has 0 amide bonds. The van der Waals surface area contributed by atoms with E-state index in [1.165, 1.54) is 44.9 Å². The van der Waals surface area contributed by atoms with Gasteiger partial charge in [0.1, 0.15) is 11.9 Å². The molecule has 37 heavy (non-hydrogen) atoms. The number of aromatic nitrogens is 2. The number of hydrogen-bond donors (Lipinski definition) is 1. The van der Waals surface area contributed by atoms with Crippen LogP contribution in [-0.2, 0) is 13.1 Å². The lowest BCUT2D eigenvalue weighted by Gasteiger charge is -2.32. The molecule has 202 valence electrons. The second kappa shape index (κ2) is 13.6. The van der Waals surface area contributed by atoms with Crippen molar-refractivity contribution in [1.29, 1.82) is 5.26 Å². The van der Waals surface area contributed by atoms with E-state index in [9.17, 15) is 13.2 Å². The summed E-state index contributed by atoms with van der Waals surface area (Å²) in [7, 11) is 3.61. The molecule has 11 heteroatoms. The van der Waals surface area contributed by atoms with E-state index < -0.39 is 12.2 Å². The van der Waals surface area contributed by atoms with Gasteiger partial charge in [-0.05, 0) is 38.5 Å². The van der Waals surface area contributed by atoms with Crippen molar-refractivity contribution in [2.45, 2.75) is 45.1 Å². The minimum Gasteiger partial charge on any atom is -0.467 e. The van der Waals surface area contributed by atoms with E-state index in [-0.39, 0.29) is 24.7 Å². The van der Waals surface area contributed by atoms with E-state index in [0.717, 1.165) is 5.56 Å². The third kappa shape index (κ3) is 7.77. The summed E-state index contributed by atoms with van der Waals surface area (Å²) < 4.78 is 47.7. The quantitative estimate of drug-likeness (QED) is 0.654. The topological polar surface area (TPSA) is 80.5 Å². The number of alkyl halides is 3. The lowest BCUT2D eigenvalue weighted by molar-refractivity contribution is -0.185. The first kappa shape index (κ1) is 28.6. The van der Waals surface area contributed by atoms with E-state index in [0.29, 0.717) is 37.7 Å². The minimum atomic E-state index is -4.43. The second-order valence-corrected chi connectivity index (χ2v) is 9.20. The standard InChI is InChI=1S/C19H22F3N5O.C5H11N.C2H3N/c1-28-18-24-14-12-27(11-13-5-3-2-4-6-13)16(19(20,21)22)15(14)17(25-18)26-9-7-23-8-10-26;1-6-4-2-3-5-6;1-2-3/h2-6,16,23H,7-12H2,1H3;2-5H2,1H3;1H3. The lowest BCUT2D eigenvalue weighted by Crippen LogP contribution is -2.45. The van der Waals surface area contributed by atoms with Crippen LogP contribution in [0.2, 0.25) is 0 Å². The van der Waals surface area contributed by atoms with Gasteiger partial charge >= 0.3 is 12.2 Å². The minimum absolute atomic E-state index is 0.104. The number of benzene rings is 1. The van der Waals surface area contributed by atoms with Crippen molar-refractivity contribution >= 4 is 5.82 Å². The zero-order valence-electron chi connectivity index (χ0n) is 21.8. The summed E-state index contributed by atoms with van der Waals surface area (Å²) in [4.78, 5) is 14.3. The molecule has 0 aliphatic carbocycles. The summed E-state index contributed by atoms with van der Waals surface area (Å²) in [6, 6.07) is 9.29. The first-order valence-corrected chi connectivity index (χ1v) is 12.5. The maximum absolute atomic E-state index is 14.2. The Morgan fingerprint density at radius 2 is 1.70 bits per heavy atom. The average molecular weight is 520 g/mol. The molecule has 1 unspecified atom stereocenters. The van der Waals surface area contributed by atoms with Crippen LogP contribution < -0.4 is 15.0 Å². The highest BCUT2D eigenvalue weighted by Crippen LogP contribution is 2.48. The zero-order chi connectivity index (χ0) is 26.8. The van der Waals surface area contributed by atoms with Crippen molar-refractivity contribution in [1.82, 2.24) is 25.1 Å². The Labute approximate surface area is 217 Å². The van der Waals surface area contributed by atoms with Gasteiger partial charge in [-0.25, -0.2) is 0 Å². The monoisotopic (exact) mass is 519 g/mol. The Kier molecular flexibility index (Phi) is 10.5. The van der Waals surface area contributed by atoms with Crippen LogP contribution in [0.5, 0.6) is 6.01 Å². The van der Waals surface area contributed by atoms with Gasteiger partial charge in [-0.3, -0.25) is 4.90 Å². The summed E-state index contributed by atoms with van der Waals surface area (Å²) >= 11 is 0. The number of halogens is 3. The van der Waals surface area contributed by atoms with Crippen molar-refractivity contribution < 1.29 is 17.9 Å². The molecule has 5 rings (SSSR count). The molecule has 0 spiro atoms. The van der Waals surface area contributed by atoms with Crippen LogP contribution in [0, 0.1) is 11.3 Å². The van der Waals surface area contributed by atoms with E-state index >= 15 is 0 Å². The molecule has 2 fully saturated rings. The number of likely N-dealkylation sites (tertiary alicyclic amines) is 1. The second-order valence-electron chi connectivity index (χ2n) is 9.20. The van der Waals surface area contributed by atoms with Crippen LogP contribution in [0.1, 0.15) is 42.6 Å². The molecule has 4 heterocycles. The van der Waals surface area contributed by atoms with Crippen molar-refractivity contribution in [3.05, 3.63) is 47.2 Å². The number of nitriles is 1. The van der Waals surface area contributed by atoms with Crippen molar-refractivity contribution in [2.24, 2.45) is 0 Å². The summed E-state index contributed by atoms with van der Waals surface area (Å²) in [5.41, 5.74) is 1.37. The van der Waals surface area contributed by atoms with Crippen LogP contribution in [0.25, 0.3) is 0 Å². The summed E-state index contributed by atoms with van der Waals surface area (Å²) in [6.45, 7) is 6.94. The van der Waals surface area contributed by atoms with Crippen LogP contribution in [0.4, 0.5) is 19.0 Å². The maximum Gasteiger partial charge on any atom is 0.408 e. The molecule has 0 saturated carbocycles. The summed E-state index contributed by atoms with van der Waals surface area (Å²) in [6.07, 6.45) is -1.60.